The van der Waals surface area contributed by atoms with Gasteiger partial charge in [-0.25, -0.2) is 15.0 Å². The van der Waals surface area contributed by atoms with Crippen LogP contribution in [0.3, 0.4) is 0 Å². The summed E-state index contributed by atoms with van der Waals surface area (Å²) in [6, 6.07) is 8.75. The lowest BCUT2D eigenvalue weighted by Gasteiger charge is -2.29. The van der Waals surface area contributed by atoms with Crippen LogP contribution in [0.5, 0.6) is 0 Å². The molecule has 2 aromatic heterocycles. The second-order valence-electron chi connectivity index (χ2n) is 9.60. The molecule has 1 saturated carbocycles. The van der Waals surface area contributed by atoms with Gasteiger partial charge in [-0.2, -0.15) is 0 Å². The molecule has 0 atom stereocenters. The predicted octanol–water partition coefficient (Wildman–Crippen LogP) is 4.13. The van der Waals surface area contributed by atoms with Crippen molar-refractivity contribution in [1.29, 1.82) is 0 Å². The first-order valence-electron chi connectivity index (χ1n) is 12.3. The van der Waals surface area contributed by atoms with Crippen LogP contribution in [0.2, 0.25) is 5.02 Å². The number of fused-ring (bicyclic) bond motifs is 1. The number of amides is 1. The van der Waals surface area contributed by atoms with Crippen molar-refractivity contribution < 1.29 is 9.53 Å². The van der Waals surface area contributed by atoms with Gasteiger partial charge in [0.15, 0.2) is 0 Å². The molecule has 0 unspecified atom stereocenters. The van der Waals surface area contributed by atoms with E-state index in [9.17, 15) is 4.79 Å². The maximum absolute atomic E-state index is 12.0. The Morgan fingerprint density at radius 2 is 1.80 bits per heavy atom. The molecule has 0 spiro atoms. The number of aromatic nitrogens is 3. The Bertz CT molecular complexity index is 1180. The molecule has 3 N–H and O–H groups in total. The molecule has 3 aromatic rings. The van der Waals surface area contributed by atoms with Crippen molar-refractivity contribution in [2.75, 3.05) is 30.4 Å². The normalized spacial score (nSPS) is 20.3. The number of carbonyl (C=O) groups is 1. The molecule has 2 fully saturated rings. The Labute approximate surface area is 210 Å². The quantitative estimate of drug-likeness (QED) is 0.433. The van der Waals surface area contributed by atoms with E-state index in [0.717, 1.165) is 65.1 Å². The Hall–Kier alpha value is -2.97. The number of halogens is 1. The van der Waals surface area contributed by atoms with Gasteiger partial charge in [-0.15, -0.1) is 0 Å². The molecule has 1 aromatic carbocycles. The molecule has 8 nitrogen and oxygen atoms in total. The topological polar surface area (TPSA) is 101 Å². The molecule has 184 valence electrons. The van der Waals surface area contributed by atoms with Gasteiger partial charge in [0, 0.05) is 30.4 Å². The molecule has 0 radical (unpaired) electrons. The average Bonchev–Trinajstić information content (AvgIpc) is 2.84. The molecule has 1 saturated heterocycles. The van der Waals surface area contributed by atoms with E-state index in [1.807, 2.05) is 19.1 Å². The van der Waals surface area contributed by atoms with E-state index in [0.29, 0.717) is 31.1 Å². The minimum Gasteiger partial charge on any atom is -0.377 e. The lowest BCUT2D eigenvalue weighted by Crippen LogP contribution is -2.49. The number of hydrogen-bond acceptors (Lipinski definition) is 7. The number of hydrogen-bond donors (Lipinski definition) is 3. The highest BCUT2D eigenvalue weighted by Gasteiger charge is 2.22. The van der Waals surface area contributed by atoms with Crippen LogP contribution in [0.1, 0.15) is 36.8 Å². The Morgan fingerprint density at radius 3 is 2.51 bits per heavy atom. The maximum Gasteiger partial charge on any atom is 0.224 e. The van der Waals surface area contributed by atoms with Crippen molar-refractivity contribution in [3.05, 3.63) is 52.8 Å². The molecule has 9 heteroatoms. The van der Waals surface area contributed by atoms with E-state index in [4.69, 9.17) is 21.3 Å². The smallest absolute Gasteiger partial charge is 0.224 e. The zero-order valence-corrected chi connectivity index (χ0v) is 20.6. The first-order valence-corrected chi connectivity index (χ1v) is 12.7. The fourth-order valence-electron chi connectivity index (χ4n) is 4.61. The summed E-state index contributed by atoms with van der Waals surface area (Å²) in [6.45, 7) is 4.04. The second-order valence-corrected chi connectivity index (χ2v) is 9.98. The van der Waals surface area contributed by atoms with E-state index >= 15 is 0 Å². The third kappa shape index (κ3) is 6.00. The van der Waals surface area contributed by atoms with Crippen LogP contribution >= 0.6 is 11.6 Å². The fourth-order valence-corrected chi connectivity index (χ4v) is 4.83. The maximum atomic E-state index is 12.0. The van der Waals surface area contributed by atoms with Crippen LogP contribution in [0.4, 0.5) is 11.8 Å². The van der Waals surface area contributed by atoms with Crippen LogP contribution in [-0.4, -0.2) is 52.7 Å². The molecule has 1 aliphatic carbocycles. The number of pyridine rings is 1. The van der Waals surface area contributed by atoms with Gasteiger partial charge < -0.3 is 20.7 Å². The number of anilines is 2. The largest absolute Gasteiger partial charge is 0.377 e. The summed E-state index contributed by atoms with van der Waals surface area (Å²) in [5.74, 6) is 2.04. The van der Waals surface area contributed by atoms with Crippen molar-refractivity contribution in [2.45, 2.75) is 51.1 Å². The molecular weight excluding hydrogens is 464 g/mol. The van der Waals surface area contributed by atoms with Gasteiger partial charge in [-0.05, 0) is 61.8 Å². The first-order chi connectivity index (χ1) is 17.0. The van der Waals surface area contributed by atoms with Gasteiger partial charge in [0.2, 0.25) is 11.9 Å². The van der Waals surface area contributed by atoms with E-state index in [2.05, 4.69) is 38.1 Å². The molecule has 1 amide bonds. The highest BCUT2D eigenvalue weighted by molar-refractivity contribution is 6.35. The highest BCUT2D eigenvalue weighted by atomic mass is 35.5. The van der Waals surface area contributed by atoms with Crippen molar-refractivity contribution in [3.63, 3.8) is 0 Å². The number of nitrogens with one attached hydrogen (secondary N) is 3. The summed E-state index contributed by atoms with van der Waals surface area (Å²) in [6.07, 6.45) is 8.16. The zero-order chi connectivity index (χ0) is 24.2. The summed E-state index contributed by atoms with van der Waals surface area (Å²) >= 11 is 6.47. The van der Waals surface area contributed by atoms with Crippen LogP contribution in [0.25, 0.3) is 10.9 Å². The van der Waals surface area contributed by atoms with E-state index in [1.54, 1.807) is 12.4 Å². The Kier molecular flexibility index (Phi) is 7.29. The third-order valence-corrected chi connectivity index (χ3v) is 7.29. The van der Waals surface area contributed by atoms with Crippen molar-refractivity contribution in [3.8, 4) is 0 Å². The van der Waals surface area contributed by atoms with Gasteiger partial charge >= 0.3 is 0 Å². The van der Waals surface area contributed by atoms with Crippen LogP contribution in [0.15, 0.2) is 36.7 Å². The second kappa shape index (κ2) is 10.7. The summed E-state index contributed by atoms with van der Waals surface area (Å²) in [5.41, 5.74) is 2.70. The van der Waals surface area contributed by atoms with Crippen molar-refractivity contribution in [1.82, 2.24) is 20.3 Å². The van der Waals surface area contributed by atoms with Crippen molar-refractivity contribution in [2.24, 2.45) is 5.92 Å². The molecule has 1 aliphatic heterocycles. The lowest BCUT2D eigenvalue weighted by molar-refractivity contribution is -0.124. The van der Waals surface area contributed by atoms with Gasteiger partial charge in [0.05, 0.1) is 36.2 Å². The molecular formula is C26H31ClN6O2. The van der Waals surface area contributed by atoms with Gasteiger partial charge in [0.1, 0.15) is 5.82 Å². The minimum atomic E-state index is -0.0231. The highest BCUT2D eigenvalue weighted by Crippen LogP contribution is 2.29. The predicted molar refractivity (Wildman–Crippen MR) is 138 cm³/mol. The standard InChI is InChI=1S/C26H31ClN6O2/c1-16-2-5-19-6-9-22(33-25(19)24(16)27)31-20-7-3-17(4-8-20)11-28-26-29-12-18(13-30-26)10-23(34)32-21-14-35-15-21/h2,5-6,9,12-13,17,20-21H,3-4,7-8,10-11,14-15H2,1H3,(H,31,33)(H,32,34)(H,28,29,30)/t17-,20-. The van der Waals surface area contributed by atoms with Gasteiger partial charge in [-0.1, -0.05) is 23.7 Å². The number of rotatable bonds is 8. The summed E-state index contributed by atoms with van der Waals surface area (Å²) in [4.78, 5) is 25.5. The molecule has 2 aliphatic rings. The monoisotopic (exact) mass is 494 g/mol. The molecule has 0 bridgehead atoms. The van der Waals surface area contributed by atoms with Gasteiger partial charge in [0.25, 0.3) is 0 Å². The number of carbonyl (C=O) groups excluding carboxylic acids is 1. The van der Waals surface area contributed by atoms with Crippen LogP contribution in [0, 0.1) is 12.8 Å². The summed E-state index contributed by atoms with van der Waals surface area (Å²) < 4.78 is 5.07. The number of aryl methyl sites for hydroxylation is 1. The molecule has 35 heavy (non-hydrogen) atoms. The zero-order valence-electron chi connectivity index (χ0n) is 19.9. The average molecular weight is 495 g/mol. The summed E-state index contributed by atoms with van der Waals surface area (Å²) in [7, 11) is 0. The van der Waals surface area contributed by atoms with Crippen molar-refractivity contribution >= 4 is 40.2 Å². The Morgan fingerprint density at radius 1 is 1.06 bits per heavy atom. The minimum absolute atomic E-state index is 0.0231. The van der Waals surface area contributed by atoms with E-state index in [-0.39, 0.29) is 18.4 Å². The van der Waals surface area contributed by atoms with E-state index in [1.165, 1.54) is 0 Å². The molecule has 5 rings (SSSR count). The van der Waals surface area contributed by atoms with Crippen LogP contribution < -0.4 is 16.0 Å². The molecule has 3 heterocycles. The first kappa shape index (κ1) is 23.8. The Balaban J connectivity index is 1.06. The summed E-state index contributed by atoms with van der Waals surface area (Å²) in [5, 5.41) is 11.7. The number of nitrogens with zero attached hydrogens (tertiary/aromatic N) is 3. The van der Waals surface area contributed by atoms with Crippen LogP contribution in [-0.2, 0) is 16.0 Å². The third-order valence-electron chi connectivity index (χ3n) is 6.81. The lowest BCUT2D eigenvalue weighted by atomic mass is 9.86. The SMILES string of the molecule is Cc1ccc2ccc(N[C@H]3CC[C@H](CNc4ncc(CC(=O)NC5COC5)cn4)CC3)nc2c1Cl. The number of ether oxygens (including phenoxy) is 1. The fraction of sp³-hybridized carbons (Fsp3) is 0.462. The van der Waals surface area contributed by atoms with E-state index < -0.39 is 0 Å². The van der Waals surface area contributed by atoms with Gasteiger partial charge in [-0.3, -0.25) is 4.79 Å². The number of benzene rings is 1.